The second-order valence-corrected chi connectivity index (χ2v) is 150. The highest BCUT2D eigenvalue weighted by Crippen LogP contribution is 2.37. The van der Waals surface area contributed by atoms with Crippen LogP contribution >= 0.6 is 0 Å². The summed E-state index contributed by atoms with van der Waals surface area (Å²) in [6.45, 7) is 14.9. The number of carbonyl (C=O) groups excluding carboxylic acids is 2. The molecule has 0 bridgehead atoms. The van der Waals surface area contributed by atoms with Gasteiger partial charge in [0.25, 0.3) is 0 Å². The first-order valence-corrected chi connectivity index (χ1v) is 128. The normalized spacial score (nSPS) is 12.3. The molecule has 85 heteroatoms. The third kappa shape index (κ3) is 77.8. The van der Waals surface area contributed by atoms with Gasteiger partial charge in [-0.25, -0.2) is 4.79 Å². The molecule has 2 heterocycles. The predicted octanol–water partition coefficient (Wildman–Crippen LogP) is 7.21. The first kappa shape index (κ1) is 127. The van der Waals surface area contributed by atoms with E-state index in [0.29, 0.717) is 39.1 Å². The molecule has 0 radical (unpaired) electrons. The first-order chi connectivity index (χ1) is 57.9. The number of nitrogens with zero attached hydrogens (tertiary/aromatic N) is 3. The summed E-state index contributed by atoms with van der Waals surface area (Å²) in [6, 6.07) is 15.0. The van der Waals surface area contributed by atoms with Crippen molar-refractivity contribution in [2.45, 2.75) is 84.7 Å². The van der Waals surface area contributed by atoms with Crippen LogP contribution in [0.4, 0.5) is 18.0 Å². The number of piperidine rings is 1. The Morgan fingerprint density at radius 2 is 0.580 bits per heavy atom. The molecule has 1 unspecified atom stereocenters. The van der Waals surface area contributed by atoms with Crippen molar-refractivity contribution in [3.05, 3.63) is 71.3 Å². The van der Waals surface area contributed by atoms with Crippen LogP contribution in [0.15, 0.2) is 54.6 Å². The third-order valence-electron chi connectivity index (χ3n) is 10.5. The molecule has 2 fully saturated rings. The van der Waals surface area contributed by atoms with E-state index in [9.17, 15) is 22.8 Å². The Labute approximate surface area is 910 Å². The lowest BCUT2D eigenvalue weighted by molar-refractivity contribution is -0.141. The van der Waals surface area contributed by atoms with Crippen LogP contribution in [0.2, 0.25) is 0 Å². The van der Waals surface area contributed by atoms with Gasteiger partial charge in [0.1, 0.15) is 5.60 Å². The van der Waals surface area contributed by atoms with Gasteiger partial charge in [0.05, 0.1) is 11.6 Å². The molecular formula is C34H46F3N3O3S76. The number of amides is 2. The zero-order chi connectivity index (χ0) is 85.9. The predicted molar refractivity (Wildman–Crippen MR) is 721 cm³/mol. The molecule has 2 saturated heterocycles. The minimum absolute atomic E-state index is 0.0729. The standard InChI is InChI=1S/C34H46F3N3O3.S76/c1-32(2,3)28-23-39(30(25-10-8-7-9-11-25)26-12-14-27(15-13-26)34(35,36)37)20-21-40(28)29(41)22-24-16-18-38(19-17-24)31(42)43-33(4,5)6;1-3-5-7-9-11-13-15-17-19-21-23-25-27-29-31-33-35-37-39-41-43-45-47-49-51-53-55-57-59-61-63-65-67-69-71-73-75-76-74-72-70-68-66-64-62-60-58-56-54-52-50-48-46-44-42-40-38-36-34-32-30-28-26-24-22-20-18-16-14-12-10-8-6-4-2/h7-15,24,28,30H,16-23H2,1-6H3;/t28-,30?;/m1./s1. The lowest BCUT2D eigenvalue weighted by Crippen LogP contribution is -2.60. The molecule has 2 aliphatic heterocycles. The van der Waals surface area contributed by atoms with Crippen LogP contribution in [-0.2, 0) is 695 Å². The van der Waals surface area contributed by atoms with Gasteiger partial charge in [0, 0.05) is 725 Å². The number of rotatable bonds is 5. The summed E-state index contributed by atoms with van der Waals surface area (Å²) in [4.78, 5) is 32.3. The third-order valence-corrected chi connectivity index (χ3v) is 173. The van der Waals surface area contributed by atoms with Gasteiger partial charge in [-0.15, -0.1) is 0 Å². The van der Waals surface area contributed by atoms with Gasteiger partial charge in [-0.05, 0) is 68.2 Å². The van der Waals surface area contributed by atoms with Crippen LogP contribution in [0, 0.1) is 11.3 Å². The Hall–Kier alpha value is 13.7. The topological polar surface area (TPSA) is 53.1 Å². The Bertz CT molecular complexity index is 7400. The van der Waals surface area contributed by atoms with Crippen molar-refractivity contribution in [2.24, 2.45) is 11.3 Å². The zero-order valence-electron chi connectivity index (χ0n) is 57.3. The van der Waals surface area contributed by atoms with Crippen LogP contribution in [0.25, 0.3) is 0 Å². The summed E-state index contributed by atoms with van der Waals surface area (Å²) in [5.74, 6) is 0.329. The monoisotopic (exact) mass is 3030 g/mol. The van der Waals surface area contributed by atoms with E-state index < -0.39 is 17.3 Å². The Kier molecular flexibility index (Phi) is 97.6. The molecule has 6 nitrogen and oxygen atoms in total. The number of carbonyl (C=O) groups is 2. The van der Waals surface area contributed by atoms with E-state index in [-0.39, 0.29) is 35.4 Å². The number of ether oxygens (including phenoxy) is 1. The zero-order valence-corrected chi connectivity index (χ0v) is 119. The lowest BCUT2D eigenvalue weighted by atomic mass is 9.82. The summed E-state index contributed by atoms with van der Waals surface area (Å²) in [7, 11) is 133. The average molecular weight is 3040 g/mol. The van der Waals surface area contributed by atoms with Crippen LogP contribution in [0.3, 0.4) is 0 Å². The SMILES string of the molecule is CC(C)(C)OC(=O)N1CCC(CC(=O)N2CCN(C(c3ccccc3)c3ccc(C(F)(F)F)cc3)C[C@@H]2C(C)(C)C)CC1.S=S=S=S=S=S=S=S=S=S=S=S=S=S=S=S=S=S=S=S=S=S=S=S=S=S=S=S=S=S=S=S=S=S=S=S=S=S=S=S=S=S=S=S=S=S=S=S=S=S=S=S=S=S=S=S=S=S=S=S=S=S=S=S=S=S=S=S=S=S=S=S=S=S=S=S. The fourth-order valence-electron chi connectivity index (χ4n) is 7.01. The molecule has 0 aromatic heterocycles. The van der Waals surface area contributed by atoms with Gasteiger partial charge in [-0.1, -0.05) is 63.2 Å². The number of hydrogen-bond donors (Lipinski definition) is 0. The van der Waals surface area contributed by atoms with E-state index in [2.05, 4.69) is 25.7 Å². The molecule has 119 heavy (non-hydrogen) atoms. The van der Waals surface area contributed by atoms with Crippen molar-refractivity contribution in [3.63, 3.8) is 0 Å². The maximum atomic E-state index is 13.8. The largest absolute Gasteiger partial charge is 0.444 e. The van der Waals surface area contributed by atoms with E-state index in [1.807, 2.05) is 589 Å². The van der Waals surface area contributed by atoms with Crippen LogP contribution in [0.1, 0.15) is 83.5 Å². The van der Waals surface area contributed by atoms with E-state index in [1.165, 1.54) is 17.8 Å². The van der Waals surface area contributed by atoms with Crippen molar-refractivity contribution in [3.8, 4) is 0 Å². The fraction of sp³-hybridized carbons (Fsp3) is 0.588. The summed E-state index contributed by atoms with van der Waals surface area (Å²) < 4.78 is 45.4. The molecule has 2 aromatic carbocycles. The molecule has 0 spiro atoms. The minimum atomic E-state index is -4.39. The Morgan fingerprint density at radius 3 is 0.798 bits per heavy atom. The van der Waals surface area contributed by atoms with Crippen LogP contribution in [0.5, 0.6) is 0 Å². The fourth-order valence-corrected chi connectivity index (χ4v) is 205. The summed E-state index contributed by atoms with van der Waals surface area (Å²) in [5.41, 5.74) is 0.383. The number of piperazine rings is 1. The van der Waals surface area contributed by atoms with Crippen LogP contribution < -0.4 is 0 Å². The Balaban J connectivity index is 0.000000711. The highest BCUT2D eigenvalue weighted by atomic mass is 33.5. The quantitative estimate of drug-likeness (QED) is 0.316. The highest BCUT2D eigenvalue weighted by Gasteiger charge is 2.41. The van der Waals surface area contributed by atoms with Gasteiger partial charge in [0.2, 0.25) is 5.91 Å². The van der Waals surface area contributed by atoms with Gasteiger partial charge in [-0.2, -0.15) is 13.2 Å². The summed E-state index contributed by atoms with van der Waals surface area (Å²) in [6.07, 6.45) is -2.74. The minimum Gasteiger partial charge on any atom is -0.444 e. The highest BCUT2D eigenvalue weighted by molar-refractivity contribution is 8.85. The smallest absolute Gasteiger partial charge is 0.416 e. The number of halogens is 3. The van der Waals surface area contributed by atoms with Crippen LogP contribution in [-0.4, -0.2) is 71.1 Å². The van der Waals surface area contributed by atoms with Crippen molar-refractivity contribution >= 4 is 692 Å². The maximum absolute atomic E-state index is 13.8. The van der Waals surface area contributed by atoms with Crippen molar-refractivity contribution in [1.29, 1.82) is 0 Å². The molecular weight excluding hydrogens is 2990 g/mol. The number of hydrogen-bond acceptors (Lipinski definition) is 6. The van der Waals surface area contributed by atoms with E-state index in [4.69, 9.17) is 27.1 Å². The molecule has 0 aliphatic carbocycles. The number of likely N-dealkylation sites (tertiary alicyclic amines) is 1. The molecule has 2 amide bonds. The Morgan fingerprint density at radius 1 is 0.345 bits per heavy atom. The van der Waals surface area contributed by atoms with E-state index in [1.54, 1.807) is 124 Å². The van der Waals surface area contributed by atoms with Gasteiger partial charge >= 0.3 is 12.3 Å². The summed E-state index contributed by atoms with van der Waals surface area (Å²) >= 11 is 9.65. The van der Waals surface area contributed by atoms with Gasteiger partial charge < -0.3 is 14.5 Å². The molecule has 692 valence electrons. The van der Waals surface area contributed by atoms with E-state index in [0.717, 1.165) is 36.1 Å². The van der Waals surface area contributed by atoms with Gasteiger partial charge in [0.15, 0.2) is 0 Å². The number of alkyl halides is 3. The molecule has 2 aliphatic rings. The summed E-state index contributed by atoms with van der Waals surface area (Å²) in [5, 5.41) is 0. The molecule has 2 aromatic rings. The van der Waals surface area contributed by atoms with Gasteiger partial charge in [-0.3, -0.25) is 9.69 Å². The maximum Gasteiger partial charge on any atom is 0.416 e. The second-order valence-electron chi connectivity index (χ2n) is 19.0. The average Bonchev–Trinajstić information content (AvgIpc) is 0.777. The first-order valence-electron chi connectivity index (χ1n) is 27.8. The van der Waals surface area contributed by atoms with Crippen molar-refractivity contribution < 1.29 is 27.5 Å². The van der Waals surface area contributed by atoms with Crippen molar-refractivity contribution in [1.82, 2.24) is 14.7 Å². The molecule has 0 saturated carbocycles. The molecule has 4 rings (SSSR count). The lowest BCUT2D eigenvalue weighted by Gasteiger charge is -2.50. The van der Waals surface area contributed by atoms with Crippen molar-refractivity contribution in [2.75, 3.05) is 32.7 Å². The number of benzene rings is 2. The molecule has 2 atom stereocenters. The van der Waals surface area contributed by atoms with E-state index >= 15 is 0 Å². The second kappa shape index (κ2) is 91.6. The molecule has 0 N–H and O–H groups in total.